The van der Waals surface area contributed by atoms with Gasteiger partial charge >= 0.3 is 0 Å². The van der Waals surface area contributed by atoms with Gasteiger partial charge < -0.3 is 20.2 Å². The van der Waals surface area contributed by atoms with Crippen LogP contribution in [-0.4, -0.2) is 27.9 Å². The van der Waals surface area contributed by atoms with E-state index >= 15 is 0 Å². The molecule has 1 fully saturated rings. The van der Waals surface area contributed by atoms with Gasteiger partial charge in [-0.1, -0.05) is 43.5 Å². The first-order chi connectivity index (χ1) is 17.6. The van der Waals surface area contributed by atoms with Gasteiger partial charge in [-0.25, -0.2) is 0 Å². The Labute approximate surface area is 209 Å². The molecule has 2 aliphatic rings. The fourth-order valence-electron chi connectivity index (χ4n) is 4.99. The largest absolute Gasteiger partial charge is 0.362 e. The number of pyridine rings is 1. The number of aromatic nitrogens is 2. The molecule has 36 heavy (non-hydrogen) atoms. The summed E-state index contributed by atoms with van der Waals surface area (Å²) in [6.07, 6.45) is 15.1. The smallest absolute Gasteiger partial charge is 0.263 e. The van der Waals surface area contributed by atoms with E-state index in [2.05, 4.69) is 15.6 Å². The molecule has 0 unspecified atom stereocenters. The first-order valence-corrected chi connectivity index (χ1v) is 12.5. The van der Waals surface area contributed by atoms with E-state index in [4.69, 9.17) is 0 Å². The zero-order chi connectivity index (χ0) is 24.9. The van der Waals surface area contributed by atoms with Crippen LogP contribution in [0.15, 0.2) is 65.7 Å². The summed E-state index contributed by atoms with van der Waals surface area (Å²) < 4.78 is 1.68. The molecule has 1 aliphatic carbocycles. The van der Waals surface area contributed by atoms with Crippen LogP contribution < -0.4 is 16.2 Å². The highest BCUT2D eigenvalue weighted by Crippen LogP contribution is 2.34. The number of nitrogens with one attached hydrogen (secondary N) is 3. The van der Waals surface area contributed by atoms with Crippen LogP contribution in [0.3, 0.4) is 0 Å². The number of amides is 2. The number of benzene rings is 1. The Morgan fingerprint density at radius 2 is 1.94 bits per heavy atom. The second-order valence-corrected chi connectivity index (χ2v) is 9.44. The number of fused-ring (bicyclic) bond motifs is 1. The van der Waals surface area contributed by atoms with Gasteiger partial charge in [0.15, 0.2) is 0 Å². The summed E-state index contributed by atoms with van der Waals surface area (Å²) in [4.78, 5) is 41.0. The zero-order valence-electron chi connectivity index (χ0n) is 20.1. The van der Waals surface area contributed by atoms with E-state index in [1.165, 1.54) is 19.3 Å². The van der Waals surface area contributed by atoms with Gasteiger partial charge in [-0.2, -0.15) is 0 Å². The highest BCUT2D eigenvalue weighted by atomic mass is 16.2. The van der Waals surface area contributed by atoms with E-state index in [1.54, 1.807) is 22.9 Å². The zero-order valence-corrected chi connectivity index (χ0v) is 20.1. The number of nitrogens with zero attached hydrogens (tertiary/aromatic N) is 1. The van der Waals surface area contributed by atoms with E-state index in [9.17, 15) is 14.4 Å². The molecule has 1 aromatic carbocycles. The second-order valence-electron chi connectivity index (χ2n) is 9.44. The van der Waals surface area contributed by atoms with Crippen LogP contribution in [0.4, 0.5) is 5.69 Å². The number of anilines is 1. The van der Waals surface area contributed by atoms with E-state index in [1.807, 2.05) is 54.8 Å². The number of hydrogen-bond acceptors (Lipinski definition) is 3. The molecule has 1 saturated carbocycles. The molecule has 5 rings (SSSR count). The number of carbonyl (C=O) groups excluding carboxylic acids is 2. The lowest BCUT2D eigenvalue weighted by Crippen LogP contribution is -2.34. The Morgan fingerprint density at radius 3 is 2.75 bits per heavy atom. The van der Waals surface area contributed by atoms with Crippen molar-refractivity contribution >= 4 is 35.2 Å². The fraction of sp³-hybridized carbons (Fsp3) is 0.276. The van der Waals surface area contributed by atoms with Crippen LogP contribution >= 0.6 is 0 Å². The van der Waals surface area contributed by atoms with Crippen molar-refractivity contribution in [2.24, 2.45) is 5.92 Å². The quantitative estimate of drug-likeness (QED) is 0.426. The second kappa shape index (κ2) is 10.6. The Balaban J connectivity index is 1.20. The van der Waals surface area contributed by atoms with E-state index in [-0.39, 0.29) is 29.5 Å². The first-order valence-electron chi connectivity index (χ1n) is 12.5. The van der Waals surface area contributed by atoms with Crippen molar-refractivity contribution < 1.29 is 9.59 Å². The highest BCUT2D eigenvalue weighted by molar-refractivity contribution is 6.34. The maximum Gasteiger partial charge on any atom is 0.263 e. The van der Waals surface area contributed by atoms with Crippen molar-refractivity contribution in [2.45, 2.75) is 38.6 Å². The molecule has 7 nitrogen and oxygen atoms in total. The fourth-order valence-corrected chi connectivity index (χ4v) is 4.99. The number of carbonyl (C=O) groups is 2. The molecule has 0 atom stereocenters. The minimum absolute atomic E-state index is 0.134. The third-order valence-electron chi connectivity index (χ3n) is 6.88. The molecule has 2 aromatic heterocycles. The average Bonchev–Trinajstić information content (AvgIpc) is 3.51. The van der Waals surface area contributed by atoms with Crippen molar-refractivity contribution in [3.8, 4) is 0 Å². The lowest BCUT2D eigenvalue weighted by atomic mass is 9.89. The minimum atomic E-state index is -0.372. The number of hydrogen-bond donors (Lipinski definition) is 3. The number of H-pyrrole nitrogens is 1. The molecule has 0 radical (unpaired) electrons. The van der Waals surface area contributed by atoms with Gasteiger partial charge in [-0.15, -0.1) is 0 Å². The number of aromatic amines is 1. The molecular weight excluding hydrogens is 452 g/mol. The lowest BCUT2D eigenvalue weighted by Gasteiger charge is -2.22. The molecule has 184 valence electrons. The molecule has 3 aromatic rings. The summed E-state index contributed by atoms with van der Waals surface area (Å²) in [6, 6.07) is 12.9. The highest BCUT2D eigenvalue weighted by Gasteiger charge is 2.24. The molecule has 0 saturated heterocycles. The van der Waals surface area contributed by atoms with Crippen LogP contribution in [0.5, 0.6) is 0 Å². The molecule has 2 amide bonds. The van der Waals surface area contributed by atoms with E-state index in [0.29, 0.717) is 18.0 Å². The van der Waals surface area contributed by atoms with Crippen molar-refractivity contribution in [1.29, 1.82) is 0 Å². The van der Waals surface area contributed by atoms with Crippen molar-refractivity contribution in [1.82, 2.24) is 14.9 Å². The lowest BCUT2D eigenvalue weighted by molar-refractivity contribution is -0.110. The summed E-state index contributed by atoms with van der Waals surface area (Å²) in [5, 5.41) is 5.72. The summed E-state index contributed by atoms with van der Waals surface area (Å²) in [6.45, 7) is 0.966. The van der Waals surface area contributed by atoms with Gasteiger partial charge in [0, 0.05) is 42.4 Å². The van der Waals surface area contributed by atoms with Crippen molar-refractivity contribution in [3.63, 3.8) is 0 Å². The first kappa shape index (κ1) is 23.6. The molecule has 3 N–H and O–H groups in total. The summed E-state index contributed by atoms with van der Waals surface area (Å²) >= 11 is 0. The van der Waals surface area contributed by atoms with Crippen LogP contribution in [0.2, 0.25) is 0 Å². The Morgan fingerprint density at radius 1 is 1.08 bits per heavy atom. The predicted octanol–water partition coefficient (Wildman–Crippen LogP) is 4.69. The topological polar surface area (TPSA) is 96.0 Å². The van der Waals surface area contributed by atoms with Gasteiger partial charge in [-0.05, 0) is 60.7 Å². The minimum Gasteiger partial charge on any atom is -0.362 e. The third kappa shape index (κ3) is 5.25. The maximum absolute atomic E-state index is 12.8. The monoisotopic (exact) mass is 482 g/mol. The van der Waals surface area contributed by atoms with Crippen LogP contribution in [0.25, 0.3) is 17.7 Å². The van der Waals surface area contributed by atoms with Crippen LogP contribution in [0.1, 0.15) is 59.3 Å². The van der Waals surface area contributed by atoms with Gasteiger partial charge in [-0.3, -0.25) is 14.4 Å². The Bertz CT molecular complexity index is 1380. The van der Waals surface area contributed by atoms with Crippen molar-refractivity contribution in [3.05, 3.63) is 93.7 Å². The maximum atomic E-state index is 12.8. The summed E-state index contributed by atoms with van der Waals surface area (Å²) in [7, 11) is 0. The molecular formula is C29H30N4O3. The molecule has 0 spiro atoms. The molecule has 1 aliphatic heterocycles. The van der Waals surface area contributed by atoms with Gasteiger partial charge in [0.2, 0.25) is 0 Å². The SMILES string of the molecule is O=C1Nc2cc(/C=C/CNC(=O)c3cccn(CC4CCCCC4)c3=O)ccc2/C1=C\c1ccc[nH]1. The average molecular weight is 483 g/mol. The van der Waals surface area contributed by atoms with Gasteiger partial charge in [0.25, 0.3) is 17.4 Å². The van der Waals surface area contributed by atoms with Crippen LogP contribution in [-0.2, 0) is 11.3 Å². The Hall–Kier alpha value is -4.13. The standard InChI is InChI=1S/C29H30N4O3/c34-27(24-11-6-16-33(29(24)36)19-21-7-2-1-3-8-21)31-15-4-9-20-12-13-23-25(18-22-10-5-14-30-22)28(35)32-26(23)17-20/h4-6,9-14,16-18,21,30H,1-3,7-8,15,19H2,(H,31,34)(H,32,35)/b9-4+,25-18+. The van der Waals surface area contributed by atoms with Crippen LogP contribution in [0, 0.1) is 5.92 Å². The van der Waals surface area contributed by atoms with Gasteiger partial charge in [0.05, 0.1) is 5.57 Å². The van der Waals surface area contributed by atoms with E-state index < -0.39 is 0 Å². The van der Waals surface area contributed by atoms with Crippen molar-refractivity contribution in [2.75, 3.05) is 11.9 Å². The molecule has 7 heteroatoms. The summed E-state index contributed by atoms with van der Waals surface area (Å²) in [5.74, 6) is 0.00259. The van der Waals surface area contributed by atoms with Gasteiger partial charge in [0.1, 0.15) is 5.56 Å². The third-order valence-corrected chi connectivity index (χ3v) is 6.88. The molecule has 0 bridgehead atoms. The predicted molar refractivity (Wildman–Crippen MR) is 142 cm³/mol. The Kier molecular flexibility index (Phi) is 6.98. The van der Waals surface area contributed by atoms with E-state index in [0.717, 1.165) is 35.3 Å². The normalized spacial score (nSPS) is 16.9. The number of rotatable bonds is 7. The summed E-state index contributed by atoms with van der Waals surface area (Å²) in [5.41, 5.74) is 3.93. The molecule has 3 heterocycles.